The van der Waals surface area contributed by atoms with Gasteiger partial charge in [-0.25, -0.2) is 0 Å². The number of hydrogen-bond donors (Lipinski definition) is 0. The summed E-state index contributed by atoms with van der Waals surface area (Å²) >= 11 is 1.67. The second-order valence-corrected chi connectivity index (χ2v) is 8.50. The smallest absolute Gasteiger partial charge is 0.270 e. The molecule has 4 rings (SSSR count). The lowest BCUT2D eigenvalue weighted by molar-refractivity contribution is -0.143. The minimum absolute atomic E-state index is 0.125. The second-order valence-electron chi connectivity index (χ2n) is 7.62. The molecule has 1 fully saturated rings. The lowest BCUT2D eigenvalue weighted by Crippen LogP contribution is -2.70. The average Bonchev–Trinajstić information content (AvgIpc) is 3.12. The van der Waals surface area contributed by atoms with E-state index in [1.807, 2.05) is 37.4 Å². The quantitative estimate of drug-likeness (QED) is 0.692. The zero-order valence-electron chi connectivity index (χ0n) is 17.4. The summed E-state index contributed by atoms with van der Waals surface area (Å²) in [5.74, 6) is -0.559. The highest BCUT2D eigenvalue weighted by molar-refractivity contribution is 7.98. The first-order valence-electron chi connectivity index (χ1n) is 10.1. The van der Waals surface area contributed by atoms with Gasteiger partial charge in [-0.05, 0) is 43.0 Å². The van der Waals surface area contributed by atoms with Gasteiger partial charge in [0.25, 0.3) is 11.8 Å². The van der Waals surface area contributed by atoms with Gasteiger partial charge in [0.2, 0.25) is 11.6 Å². The number of likely N-dealkylation sites (N-methyl/N-ethyl adjacent to an activating group) is 2. The van der Waals surface area contributed by atoms with Crippen LogP contribution in [-0.4, -0.2) is 53.0 Å². The summed E-state index contributed by atoms with van der Waals surface area (Å²) in [4.78, 5) is 45.9. The topological polar surface area (TPSA) is 60.9 Å². The Labute approximate surface area is 180 Å². The number of rotatable bonds is 5. The van der Waals surface area contributed by atoms with Crippen LogP contribution in [0.2, 0.25) is 0 Å². The molecule has 1 saturated heterocycles. The molecule has 2 aromatic rings. The van der Waals surface area contributed by atoms with E-state index in [2.05, 4.69) is 0 Å². The minimum atomic E-state index is -1.30. The van der Waals surface area contributed by atoms with Crippen molar-refractivity contribution in [3.63, 3.8) is 0 Å². The standard InChI is InChI=1S/C23H25N3O3S/c1-4-25-21(28)18-7-5-6-8-19(18)26-20(27)13-14-23(25,26)22(29)24(2)15-16-9-11-17(30-3)12-10-16/h5-12H,4,13-15H2,1-3H3. The molecule has 2 aromatic carbocycles. The molecule has 0 N–H and O–H groups in total. The number of anilines is 1. The van der Waals surface area contributed by atoms with Gasteiger partial charge in [-0.15, -0.1) is 11.8 Å². The van der Waals surface area contributed by atoms with E-state index in [1.165, 1.54) is 0 Å². The molecule has 156 valence electrons. The molecule has 0 spiro atoms. The first kappa shape index (κ1) is 20.5. The Bertz CT molecular complexity index is 1010. The summed E-state index contributed by atoms with van der Waals surface area (Å²) in [5.41, 5.74) is 0.696. The van der Waals surface area contributed by atoms with Gasteiger partial charge >= 0.3 is 0 Å². The third-order valence-corrected chi connectivity index (χ3v) is 6.70. The summed E-state index contributed by atoms with van der Waals surface area (Å²) in [6, 6.07) is 15.1. The van der Waals surface area contributed by atoms with Crippen LogP contribution in [0.15, 0.2) is 53.4 Å². The molecule has 0 aromatic heterocycles. The Kier molecular flexibility index (Phi) is 5.32. The molecular formula is C23H25N3O3S. The van der Waals surface area contributed by atoms with Crippen LogP contribution >= 0.6 is 11.8 Å². The van der Waals surface area contributed by atoms with Crippen LogP contribution in [0, 0.1) is 0 Å². The van der Waals surface area contributed by atoms with E-state index < -0.39 is 5.66 Å². The van der Waals surface area contributed by atoms with Crippen molar-refractivity contribution >= 4 is 35.2 Å². The molecule has 30 heavy (non-hydrogen) atoms. The second kappa shape index (κ2) is 7.80. The van der Waals surface area contributed by atoms with Crippen molar-refractivity contribution in [2.45, 2.75) is 36.9 Å². The number of carbonyl (C=O) groups excluding carboxylic acids is 3. The molecule has 6 nitrogen and oxygen atoms in total. The number of nitrogens with zero attached hydrogens (tertiary/aromatic N) is 3. The van der Waals surface area contributed by atoms with Gasteiger partial charge in [-0.3, -0.25) is 19.3 Å². The number of fused-ring (bicyclic) bond motifs is 3. The fourth-order valence-corrected chi connectivity index (χ4v) is 4.98. The number of para-hydroxylation sites is 1. The van der Waals surface area contributed by atoms with E-state index in [-0.39, 0.29) is 24.1 Å². The number of benzene rings is 2. The van der Waals surface area contributed by atoms with Gasteiger partial charge in [0, 0.05) is 37.9 Å². The SMILES string of the molecule is CCN1C(=O)c2ccccc2N2C(=O)CCC12C(=O)N(C)Cc1ccc(SC)cc1. The molecule has 0 bridgehead atoms. The van der Waals surface area contributed by atoms with Crippen molar-refractivity contribution in [3.05, 3.63) is 59.7 Å². The third-order valence-electron chi connectivity index (χ3n) is 5.96. The number of hydrogen-bond acceptors (Lipinski definition) is 4. The first-order chi connectivity index (χ1) is 14.4. The monoisotopic (exact) mass is 423 g/mol. The van der Waals surface area contributed by atoms with Crippen molar-refractivity contribution in [1.82, 2.24) is 9.80 Å². The van der Waals surface area contributed by atoms with E-state index in [4.69, 9.17) is 0 Å². The Morgan fingerprint density at radius 2 is 1.83 bits per heavy atom. The maximum atomic E-state index is 13.8. The molecule has 0 saturated carbocycles. The Balaban J connectivity index is 1.73. The molecule has 1 unspecified atom stereocenters. The van der Waals surface area contributed by atoms with Crippen LogP contribution in [0.25, 0.3) is 0 Å². The minimum Gasteiger partial charge on any atom is -0.338 e. The van der Waals surface area contributed by atoms with Crippen molar-refractivity contribution in [2.75, 3.05) is 24.7 Å². The molecule has 2 aliphatic rings. The van der Waals surface area contributed by atoms with E-state index in [0.717, 1.165) is 10.5 Å². The highest BCUT2D eigenvalue weighted by Gasteiger charge is 2.61. The summed E-state index contributed by atoms with van der Waals surface area (Å²) < 4.78 is 0. The fourth-order valence-electron chi connectivity index (χ4n) is 4.57. The van der Waals surface area contributed by atoms with Crippen LogP contribution in [0.1, 0.15) is 35.7 Å². The molecule has 0 aliphatic carbocycles. The van der Waals surface area contributed by atoms with Crippen molar-refractivity contribution in [3.8, 4) is 0 Å². The molecule has 0 radical (unpaired) electrons. The van der Waals surface area contributed by atoms with Gasteiger partial charge in [0.1, 0.15) is 0 Å². The van der Waals surface area contributed by atoms with Crippen LogP contribution in [-0.2, 0) is 16.1 Å². The zero-order valence-corrected chi connectivity index (χ0v) is 18.2. The summed E-state index contributed by atoms with van der Waals surface area (Å²) in [5, 5.41) is 0. The predicted molar refractivity (Wildman–Crippen MR) is 117 cm³/mol. The summed E-state index contributed by atoms with van der Waals surface area (Å²) in [6.07, 6.45) is 2.56. The van der Waals surface area contributed by atoms with Crippen LogP contribution in [0.5, 0.6) is 0 Å². The van der Waals surface area contributed by atoms with Crippen molar-refractivity contribution < 1.29 is 14.4 Å². The van der Waals surface area contributed by atoms with E-state index in [1.54, 1.807) is 57.8 Å². The highest BCUT2D eigenvalue weighted by Crippen LogP contribution is 2.45. The van der Waals surface area contributed by atoms with Crippen LogP contribution in [0.4, 0.5) is 5.69 Å². The maximum Gasteiger partial charge on any atom is 0.270 e. The summed E-state index contributed by atoms with van der Waals surface area (Å²) in [6.45, 7) is 2.60. The van der Waals surface area contributed by atoms with Gasteiger partial charge < -0.3 is 9.80 Å². The molecular weight excluding hydrogens is 398 g/mol. The Morgan fingerprint density at radius 3 is 2.50 bits per heavy atom. The molecule has 7 heteroatoms. The third kappa shape index (κ3) is 2.99. The van der Waals surface area contributed by atoms with Gasteiger partial charge in [0.05, 0.1) is 11.3 Å². The zero-order chi connectivity index (χ0) is 21.5. The van der Waals surface area contributed by atoms with Crippen LogP contribution in [0.3, 0.4) is 0 Å². The average molecular weight is 424 g/mol. The normalized spacial score (nSPS) is 20.2. The van der Waals surface area contributed by atoms with Gasteiger partial charge in [-0.2, -0.15) is 0 Å². The van der Waals surface area contributed by atoms with Gasteiger partial charge in [0.15, 0.2) is 0 Å². The van der Waals surface area contributed by atoms with Crippen LogP contribution < -0.4 is 4.90 Å². The fraction of sp³-hybridized carbons (Fsp3) is 0.348. The first-order valence-corrected chi connectivity index (χ1v) is 11.3. The molecule has 1 atom stereocenters. The highest BCUT2D eigenvalue weighted by atomic mass is 32.2. The van der Waals surface area contributed by atoms with E-state index >= 15 is 0 Å². The lowest BCUT2D eigenvalue weighted by atomic mass is 9.95. The van der Waals surface area contributed by atoms with E-state index in [0.29, 0.717) is 30.8 Å². The molecule has 3 amide bonds. The van der Waals surface area contributed by atoms with Gasteiger partial charge in [-0.1, -0.05) is 24.3 Å². The summed E-state index contributed by atoms with van der Waals surface area (Å²) in [7, 11) is 1.74. The van der Waals surface area contributed by atoms with Crippen molar-refractivity contribution in [2.24, 2.45) is 0 Å². The Hall–Kier alpha value is -2.80. The largest absolute Gasteiger partial charge is 0.338 e. The molecule has 2 aliphatic heterocycles. The Morgan fingerprint density at radius 1 is 1.13 bits per heavy atom. The van der Waals surface area contributed by atoms with Crippen molar-refractivity contribution in [1.29, 1.82) is 0 Å². The number of carbonyl (C=O) groups is 3. The van der Waals surface area contributed by atoms with E-state index in [9.17, 15) is 14.4 Å². The predicted octanol–water partition coefficient (Wildman–Crippen LogP) is 3.37. The number of amides is 3. The number of thioether (sulfide) groups is 1. The molecule has 2 heterocycles. The maximum absolute atomic E-state index is 13.8. The lowest BCUT2D eigenvalue weighted by Gasteiger charge is -2.50.